The van der Waals surface area contributed by atoms with E-state index in [1.54, 1.807) is 6.08 Å². The van der Waals surface area contributed by atoms with E-state index in [-0.39, 0.29) is 28.7 Å². The van der Waals surface area contributed by atoms with Crippen molar-refractivity contribution in [1.82, 2.24) is 0 Å². The van der Waals surface area contributed by atoms with Crippen LogP contribution in [0.2, 0.25) is 0 Å². The van der Waals surface area contributed by atoms with Crippen molar-refractivity contribution in [2.45, 2.75) is 19.8 Å². The fourth-order valence-electron chi connectivity index (χ4n) is 2.32. The summed E-state index contributed by atoms with van der Waals surface area (Å²) >= 11 is 11.3. The first-order valence-electron chi connectivity index (χ1n) is 6.66. The molecular formula is C16H14Cl2F2O2. The molecule has 22 heavy (non-hydrogen) atoms. The summed E-state index contributed by atoms with van der Waals surface area (Å²) in [4.78, 5) is 11.2. The van der Waals surface area contributed by atoms with E-state index in [9.17, 15) is 13.6 Å². The summed E-state index contributed by atoms with van der Waals surface area (Å²) in [5.41, 5.74) is 0.590. The molecule has 2 nitrogen and oxygen atoms in total. The van der Waals surface area contributed by atoms with Crippen molar-refractivity contribution in [2.75, 3.05) is 7.11 Å². The second-order valence-corrected chi connectivity index (χ2v) is 5.87. The SMILES string of the molecule is COc1cc(F)c(C(=O)Cl)cc1CC1=CCC(C)C(Cl)=C1F. The maximum atomic E-state index is 14.2. The van der Waals surface area contributed by atoms with Gasteiger partial charge in [0.2, 0.25) is 0 Å². The summed E-state index contributed by atoms with van der Waals surface area (Å²) in [6.45, 7) is 1.83. The summed E-state index contributed by atoms with van der Waals surface area (Å²) in [7, 11) is 1.37. The standard InChI is InChI=1S/C16H14Cl2F2O2/c1-8-3-4-9(15(20)14(8)17)5-10-6-11(16(18)21)12(19)7-13(10)22-2/h4,6-8H,3,5H2,1-2H3. The average molecular weight is 347 g/mol. The largest absolute Gasteiger partial charge is 0.496 e. The third-order valence-electron chi connectivity index (χ3n) is 3.60. The molecule has 118 valence electrons. The smallest absolute Gasteiger partial charge is 0.255 e. The molecule has 2 rings (SSSR count). The van der Waals surface area contributed by atoms with Crippen molar-refractivity contribution in [1.29, 1.82) is 0 Å². The number of benzene rings is 1. The highest BCUT2D eigenvalue weighted by Crippen LogP contribution is 2.36. The topological polar surface area (TPSA) is 26.3 Å². The molecule has 1 aromatic carbocycles. The Morgan fingerprint density at radius 1 is 1.41 bits per heavy atom. The van der Waals surface area contributed by atoms with Gasteiger partial charge in [0.15, 0.2) is 0 Å². The van der Waals surface area contributed by atoms with Crippen LogP contribution >= 0.6 is 23.2 Å². The van der Waals surface area contributed by atoms with Gasteiger partial charge in [-0.3, -0.25) is 4.79 Å². The molecule has 0 saturated carbocycles. The van der Waals surface area contributed by atoms with E-state index in [1.165, 1.54) is 13.2 Å². The van der Waals surface area contributed by atoms with E-state index in [1.807, 2.05) is 6.92 Å². The van der Waals surface area contributed by atoms with Crippen LogP contribution in [0.5, 0.6) is 5.75 Å². The van der Waals surface area contributed by atoms with Gasteiger partial charge in [0, 0.05) is 12.5 Å². The molecule has 1 aliphatic carbocycles. The highest BCUT2D eigenvalue weighted by Gasteiger charge is 2.22. The lowest BCUT2D eigenvalue weighted by molar-refractivity contribution is 0.107. The molecule has 1 aromatic rings. The maximum absolute atomic E-state index is 14.2. The van der Waals surface area contributed by atoms with Crippen molar-refractivity contribution in [3.8, 4) is 5.75 Å². The van der Waals surface area contributed by atoms with Gasteiger partial charge >= 0.3 is 0 Å². The molecule has 0 amide bonds. The van der Waals surface area contributed by atoms with Crippen LogP contribution in [0.25, 0.3) is 0 Å². The average Bonchev–Trinajstić information content (AvgIpc) is 2.48. The second-order valence-electron chi connectivity index (χ2n) is 5.12. The molecular weight excluding hydrogens is 333 g/mol. The van der Waals surface area contributed by atoms with Crippen LogP contribution in [-0.2, 0) is 6.42 Å². The zero-order chi connectivity index (χ0) is 16.4. The van der Waals surface area contributed by atoms with E-state index in [2.05, 4.69) is 0 Å². The number of allylic oxidation sites excluding steroid dienone is 4. The minimum absolute atomic E-state index is 0.0690. The number of ether oxygens (including phenoxy) is 1. The molecule has 0 aliphatic heterocycles. The quantitative estimate of drug-likeness (QED) is 0.705. The van der Waals surface area contributed by atoms with Crippen molar-refractivity contribution < 1.29 is 18.3 Å². The maximum Gasteiger partial charge on any atom is 0.255 e. The van der Waals surface area contributed by atoms with Gasteiger partial charge in [0.05, 0.1) is 17.7 Å². The molecule has 0 fully saturated rings. The fraction of sp³-hybridized carbons (Fsp3) is 0.312. The van der Waals surface area contributed by atoms with Gasteiger partial charge in [0.1, 0.15) is 17.4 Å². The Bertz CT molecular complexity index is 681. The number of carbonyl (C=O) groups excluding carboxylic acids is 1. The van der Waals surface area contributed by atoms with Crippen LogP contribution < -0.4 is 4.74 Å². The van der Waals surface area contributed by atoms with E-state index in [0.29, 0.717) is 17.6 Å². The Kier molecular flexibility index (Phi) is 5.24. The third kappa shape index (κ3) is 3.33. The first-order chi connectivity index (χ1) is 10.3. The van der Waals surface area contributed by atoms with E-state index in [4.69, 9.17) is 27.9 Å². The molecule has 0 saturated heterocycles. The van der Waals surface area contributed by atoms with Gasteiger partial charge in [-0.2, -0.15) is 0 Å². The number of hydrogen-bond donors (Lipinski definition) is 0. The zero-order valence-corrected chi connectivity index (χ0v) is 13.6. The van der Waals surface area contributed by atoms with E-state index in [0.717, 1.165) is 6.07 Å². The van der Waals surface area contributed by atoms with Gasteiger partial charge in [-0.25, -0.2) is 8.78 Å². The Labute approximate surface area is 137 Å². The van der Waals surface area contributed by atoms with Gasteiger partial charge in [-0.1, -0.05) is 24.6 Å². The van der Waals surface area contributed by atoms with Crippen LogP contribution in [0.1, 0.15) is 29.3 Å². The first kappa shape index (κ1) is 17.0. The predicted octanol–water partition coefficient (Wildman–Crippen LogP) is 5.14. The molecule has 0 aromatic heterocycles. The third-order valence-corrected chi connectivity index (χ3v) is 4.35. The van der Waals surface area contributed by atoms with E-state index < -0.39 is 16.9 Å². The van der Waals surface area contributed by atoms with Crippen LogP contribution in [0.15, 0.2) is 34.6 Å². The van der Waals surface area contributed by atoms with Crippen molar-refractivity contribution >= 4 is 28.4 Å². The number of hydrogen-bond acceptors (Lipinski definition) is 2. The molecule has 1 atom stereocenters. The minimum Gasteiger partial charge on any atom is -0.496 e. The van der Waals surface area contributed by atoms with Gasteiger partial charge in [-0.15, -0.1) is 0 Å². The number of methoxy groups -OCH3 is 1. The molecule has 0 bridgehead atoms. The van der Waals surface area contributed by atoms with Crippen LogP contribution in [-0.4, -0.2) is 12.4 Å². The molecule has 6 heteroatoms. The summed E-state index contributed by atoms with van der Waals surface area (Å²) in [6.07, 6.45) is 2.50. The second kappa shape index (κ2) is 6.80. The van der Waals surface area contributed by atoms with Gasteiger partial charge in [-0.05, 0) is 41.1 Å². The molecule has 0 N–H and O–H groups in total. The number of rotatable bonds is 4. The Balaban J connectivity index is 2.41. The molecule has 0 heterocycles. The molecule has 1 aliphatic rings. The lowest BCUT2D eigenvalue weighted by atomic mass is 9.92. The van der Waals surface area contributed by atoms with Crippen molar-refractivity contribution in [3.05, 3.63) is 51.6 Å². The Hall–Kier alpha value is -1.39. The van der Waals surface area contributed by atoms with Crippen LogP contribution in [0.4, 0.5) is 8.78 Å². The number of carbonyl (C=O) groups is 1. The summed E-state index contributed by atoms with van der Waals surface area (Å²) in [5.74, 6) is -1.10. The van der Waals surface area contributed by atoms with E-state index >= 15 is 0 Å². The first-order valence-corrected chi connectivity index (χ1v) is 7.41. The van der Waals surface area contributed by atoms with Gasteiger partial charge < -0.3 is 4.74 Å². The summed E-state index contributed by atoms with van der Waals surface area (Å²) < 4.78 is 33.0. The number of halogens is 4. The van der Waals surface area contributed by atoms with Crippen LogP contribution in [0.3, 0.4) is 0 Å². The summed E-state index contributed by atoms with van der Waals surface area (Å²) in [6, 6.07) is 2.35. The normalized spacial score (nSPS) is 18.3. The fourth-order valence-corrected chi connectivity index (χ4v) is 2.67. The Morgan fingerprint density at radius 3 is 2.68 bits per heavy atom. The molecule has 0 radical (unpaired) electrons. The van der Waals surface area contributed by atoms with Gasteiger partial charge in [0.25, 0.3) is 5.24 Å². The zero-order valence-electron chi connectivity index (χ0n) is 12.1. The lowest BCUT2D eigenvalue weighted by Gasteiger charge is -2.19. The van der Waals surface area contributed by atoms with Crippen molar-refractivity contribution in [2.24, 2.45) is 5.92 Å². The molecule has 1 unspecified atom stereocenters. The Morgan fingerprint density at radius 2 is 2.09 bits per heavy atom. The summed E-state index contributed by atoms with van der Waals surface area (Å²) in [5, 5.41) is -0.742. The predicted molar refractivity (Wildman–Crippen MR) is 82.7 cm³/mol. The lowest BCUT2D eigenvalue weighted by Crippen LogP contribution is -2.07. The van der Waals surface area contributed by atoms with Crippen LogP contribution in [0, 0.1) is 11.7 Å². The highest BCUT2D eigenvalue weighted by molar-refractivity contribution is 6.67. The monoisotopic (exact) mass is 346 g/mol. The minimum atomic E-state index is -0.915. The molecule has 0 spiro atoms. The highest BCUT2D eigenvalue weighted by atomic mass is 35.5. The van der Waals surface area contributed by atoms with Crippen molar-refractivity contribution in [3.63, 3.8) is 0 Å².